The van der Waals surface area contributed by atoms with Crippen molar-refractivity contribution in [2.45, 2.75) is 6.92 Å². The van der Waals surface area contributed by atoms with Crippen LogP contribution in [-0.2, 0) is 0 Å². The van der Waals surface area contributed by atoms with E-state index in [2.05, 4.69) is 36.9 Å². The van der Waals surface area contributed by atoms with E-state index >= 15 is 0 Å². The molecule has 4 heterocycles. The van der Waals surface area contributed by atoms with Gasteiger partial charge in [-0.25, -0.2) is 9.37 Å². The Labute approximate surface area is 176 Å². The molecule has 0 saturated heterocycles. The maximum Gasteiger partial charge on any atom is 0.138 e. The molecule has 152 valence electrons. The van der Waals surface area contributed by atoms with Gasteiger partial charge in [-0.1, -0.05) is 24.8 Å². The van der Waals surface area contributed by atoms with Crippen LogP contribution in [0, 0.1) is 5.82 Å². The van der Waals surface area contributed by atoms with Gasteiger partial charge in [0.15, 0.2) is 0 Å². The first-order valence-corrected chi connectivity index (χ1v) is 9.78. The number of nitrogens with one attached hydrogen (secondary N) is 3. The Kier molecular flexibility index (Phi) is 4.55. The lowest BCUT2D eigenvalue weighted by atomic mass is 10.0. The molecule has 0 unspecified atom stereocenters. The summed E-state index contributed by atoms with van der Waals surface area (Å²) in [6.45, 7) is 6.11. The van der Waals surface area contributed by atoms with Gasteiger partial charge < -0.3 is 4.98 Å². The summed E-state index contributed by atoms with van der Waals surface area (Å²) in [6.07, 6.45) is 9.18. The van der Waals surface area contributed by atoms with Crippen molar-refractivity contribution < 1.29 is 4.39 Å². The molecule has 0 spiro atoms. The van der Waals surface area contributed by atoms with Crippen molar-refractivity contribution >= 4 is 28.8 Å². The number of H-pyrrole nitrogens is 3. The van der Waals surface area contributed by atoms with Crippen molar-refractivity contribution in [2.24, 2.45) is 0 Å². The maximum absolute atomic E-state index is 13.8. The first-order chi connectivity index (χ1) is 15.1. The second-order valence-corrected chi connectivity index (χ2v) is 7.16. The topological polar surface area (TPSA) is 86.0 Å². The summed E-state index contributed by atoms with van der Waals surface area (Å²) in [5.74, 6) is -0.275. The van der Waals surface area contributed by atoms with Gasteiger partial charge in [0.05, 0.1) is 17.2 Å². The largest absolute Gasteiger partial charge is 0.338 e. The minimum Gasteiger partial charge on any atom is -0.338 e. The number of nitrogens with zero attached hydrogens (tertiary/aromatic N) is 3. The number of hydrogen-bond acceptors (Lipinski definition) is 3. The van der Waals surface area contributed by atoms with E-state index in [1.165, 1.54) is 12.1 Å². The quantitative estimate of drug-likeness (QED) is 0.422. The molecule has 0 fully saturated rings. The highest BCUT2D eigenvalue weighted by molar-refractivity contribution is 5.96. The molecule has 0 radical (unpaired) electrons. The number of halogens is 1. The van der Waals surface area contributed by atoms with Crippen molar-refractivity contribution in [3.05, 3.63) is 83.5 Å². The molecule has 1 aromatic carbocycles. The van der Waals surface area contributed by atoms with Crippen molar-refractivity contribution in [3.8, 4) is 22.5 Å². The number of rotatable bonds is 4. The molecule has 5 rings (SSSR count). The van der Waals surface area contributed by atoms with Crippen molar-refractivity contribution in [3.63, 3.8) is 0 Å². The predicted octanol–water partition coefficient (Wildman–Crippen LogP) is 3.78. The van der Waals surface area contributed by atoms with Crippen LogP contribution in [0.5, 0.6) is 0 Å². The molecule has 0 aliphatic carbocycles. The van der Waals surface area contributed by atoms with Crippen LogP contribution in [0.15, 0.2) is 61.6 Å². The number of benzene rings is 1. The third-order valence-electron chi connectivity index (χ3n) is 5.23. The van der Waals surface area contributed by atoms with E-state index in [4.69, 9.17) is 0 Å². The zero-order valence-electron chi connectivity index (χ0n) is 16.8. The summed E-state index contributed by atoms with van der Waals surface area (Å²) in [5.41, 5.74) is 5.68. The average molecular weight is 410 g/mol. The smallest absolute Gasteiger partial charge is 0.138 e. The number of aromatic nitrogens is 6. The van der Waals surface area contributed by atoms with Crippen LogP contribution in [0.3, 0.4) is 0 Å². The fourth-order valence-corrected chi connectivity index (χ4v) is 3.68. The Morgan fingerprint density at radius 2 is 2.10 bits per heavy atom. The standard InChI is InChI=1S/C24H19FN6/c1-3-21-20(9-14(2)16-12-27-28-13-16)23(31-30-21)22-11-19-18(7-8-26-24(19)29-22)15-5-4-6-17(25)10-15/h3-13,30H,2H2,1H3,(H,26,29)(H,27,28)/b20-9+,21-3+. The lowest BCUT2D eigenvalue weighted by Crippen LogP contribution is -2.23. The summed E-state index contributed by atoms with van der Waals surface area (Å²) >= 11 is 0. The molecule has 6 nitrogen and oxygen atoms in total. The Morgan fingerprint density at radius 3 is 2.87 bits per heavy atom. The third kappa shape index (κ3) is 3.36. The van der Waals surface area contributed by atoms with E-state index in [0.29, 0.717) is 5.65 Å². The molecule has 0 aliphatic rings. The van der Waals surface area contributed by atoms with Gasteiger partial charge in [0.1, 0.15) is 17.2 Å². The molecule has 31 heavy (non-hydrogen) atoms. The van der Waals surface area contributed by atoms with Crippen molar-refractivity contribution in [1.82, 2.24) is 30.4 Å². The minimum absolute atomic E-state index is 0.275. The van der Waals surface area contributed by atoms with E-state index in [-0.39, 0.29) is 5.82 Å². The van der Waals surface area contributed by atoms with Crippen LogP contribution in [0.2, 0.25) is 0 Å². The second kappa shape index (κ2) is 7.53. The third-order valence-corrected chi connectivity index (χ3v) is 5.23. The fraction of sp³-hybridized carbons (Fsp3) is 0.0417. The first kappa shape index (κ1) is 18.7. The van der Waals surface area contributed by atoms with Gasteiger partial charge >= 0.3 is 0 Å². The lowest BCUT2D eigenvalue weighted by Gasteiger charge is -2.02. The average Bonchev–Trinajstić information content (AvgIpc) is 3.52. The minimum atomic E-state index is -0.275. The number of allylic oxidation sites excluding steroid dienone is 1. The highest BCUT2D eigenvalue weighted by atomic mass is 19.1. The van der Waals surface area contributed by atoms with Gasteiger partial charge in [-0.2, -0.15) is 10.2 Å². The first-order valence-electron chi connectivity index (χ1n) is 9.78. The van der Waals surface area contributed by atoms with Crippen LogP contribution in [-0.4, -0.2) is 30.4 Å². The zero-order chi connectivity index (χ0) is 21.4. The van der Waals surface area contributed by atoms with Crippen LogP contribution in [0.4, 0.5) is 4.39 Å². The molecule has 4 aromatic heterocycles. The van der Waals surface area contributed by atoms with Gasteiger partial charge in [0.25, 0.3) is 0 Å². The molecule has 0 bridgehead atoms. The predicted molar refractivity (Wildman–Crippen MR) is 121 cm³/mol. The van der Waals surface area contributed by atoms with Gasteiger partial charge in [0, 0.05) is 28.6 Å². The van der Waals surface area contributed by atoms with E-state index < -0.39 is 0 Å². The normalized spacial score (nSPS) is 12.7. The summed E-state index contributed by atoms with van der Waals surface area (Å²) in [7, 11) is 0. The van der Waals surface area contributed by atoms with Gasteiger partial charge in [-0.05, 0) is 54.0 Å². The summed E-state index contributed by atoms with van der Waals surface area (Å²) in [5, 5.41) is 17.1. The summed E-state index contributed by atoms with van der Waals surface area (Å²) in [4.78, 5) is 7.81. The lowest BCUT2D eigenvalue weighted by molar-refractivity contribution is 0.628. The molecule has 5 aromatic rings. The van der Waals surface area contributed by atoms with Crippen LogP contribution in [0.1, 0.15) is 12.5 Å². The molecule has 3 N–H and O–H groups in total. The number of hydrogen-bond donors (Lipinski definition) is 3. The van der Waals surface area contributed by atoms with Crippen LogP contribution in [0.25, 0.3) is 51.3 Å². The summed E-state index contributed by atoms with van der Waals surface area (Å²) < 4.78 is 13.8. The second-order valence-electron chi connectivity index (χ2n) is 7.16. The highest BCUT2D eigenvalue weighted by Gasteiger charge is 2.13. The van der Waals surface area contributed by atoms with Gasteiger partial charge in [0.2, 0.25) is 0 Å². The van der Waals surface area contributed by atoms with Crippen LogP contribution < -0.4 is 10.6 Å². The molecule has 0 aliphatic heterocycles. The Bertz CT molecular complexity index is 1520. The Hall–Kier alpha value is -4.26. The molecule has 0 atom stereocenters. The molecular weight excluding hydrogens is 391 g/mol. The van der Waals surface area contributed by atoms with E-state index in [0.717, 1.165) is 49.6 Å². The molecule has 0 saturated carbocycles. The zero-order valence-corrected chi connectivity index (χ0v) is 16.8. The summed E-state index contributed by atoms with van der Waals surface area (Å²) in [6, 6.07) is 10.4. The number of fused-ring (bicyclic) bond motifs is 1. The van der Waals surface area contributed by atoms with Crippen molar-refractivity contribution in [1.29, 1.82) is 0 Å². The van der Waals surface area contributed by atoms with Gasteiger partial charge in [-0.3, -0.25) is 10.2 Å². The Morgan fingerprint density at radius 1 is 1.19 bits per heavy atom. The van der Waals surface area contributed by atoms with Gasteiger partial charge in [-0.15, -0.1) is 0 Å². The van der Waals surface area contributed by atoms with Crippen molar-refractivity contribution in [2.75, 3.05) is 0 Å². The monoisotopic (exact) mass is 410 g/mol. The van der Waals surface area contributed by atoms with Crippen LogP contribution >= 0.6 is 0 Å². The molecule has 7 heteroatoms. The molecule has 0 amide bonds. The number of pyridine rings is 1. The van der Waals surface area contributed by atoms with E-state index in [1.807, 2.05) is 37.3 Å². The molecular formula is C24H19FN6. The maximum atomic E-state index is 13.8. The highest BCUT2D eigenvalue weighted by Crippen LogP contribution is 2.30. The van der Waals surface area contributed by atoms with E-state index in [1.54, 1.807) is 24.7 Å². The van der Waals surface area contributed by atoms with E-state index in [9.17, 15) is 4.39 Å². The SMILES string of the molecule is C=C(/C=c1/c(-c2cc3c(-c4cccc(F)c4)ccnc3[nH]2)n[nH]/c1=C/C)c1cn[nH]c1. The number of aromatic amines is 3. The Balaban J connectivity index is 1.69. The fourth-order valence-electron chi connectivity index (χ4n) is 3.68.